The Bertz CT molecular complexity index is 3380. The number of imidazole rings is 1. The number of nitrogens with zero attached hydrogens (tertiary/aromatic N) is 3. The van der Waals surface area contributed by atoms with Gasteiger partial charge in [-0.05, 0) is 105 Å². The van der Waals surface area contributed by atoms with Gasteiger partial charge in [-0.2, -0.15) is 0 Å². The minimum atomic E-state index is -2.35. The topological polar surface area (TPSA) is 50.9 Å². The number of aryl methyl sites for hydroxylation is 1. The molecule has 2 heterocycles. The van der Waals surface area contributed by atoms with Gasteiger partial charge >= 0.3 is 0 Å². The zero-order valence-electron chi connectivity index (χ0n) is 43.8. The number of rotatable bonds is 10. The van der Waals surface area contributed by atoms with Crippen molar-refractivity contribution in [1.82, 2.24) is 14.5 Å². The van der Waals surface area contributed by atoms with Gasteiger partial charge in [-0.1, -0.05) is 194 Å². The fourth-order valence-corrected chi connectivity index (χ4v) is 8.88. The smallest absolute Gasteiger partial charge is 0.148 e. The van der Waals surface area contributed by atoms with Crippen molar-refractivity contribution in [3.05, 3.63) is 192 Å². The van der Waals surface area contributed by atoms with Crippen LogP contribution in [0.1, 0.15) is 113 Å². The van der Waals surface area contributed by atoms with Gasteiger partial charge in [-0.15, -0.1) is 23.8 Å². The van der Waals surface area contributed by atoms with E-state index in [0.717, 1.165) is 89.2 Å². The number of aromatic hydroxyl groups is 1. The van der Waals surface area contributed by atoms with Gasteiger partial charge in [0.25, 0.3) is 0 Å². The maximum Gasteiger partial charge on any atom is 0.148 e. The number of para-hydroxylation sites is 1. The monoisotopic (exact) mass is 1060 g/mol. The summed E-state index contributed by atoms with van der Waals surface area (Å²) in [5, 5.41) is 12.4. The molecule has 9 rings (SSSR count). The number of aromatic nitrogens is 3. The summed E-state index contributed by atoms with van der Waals surface area (Å²) >= 11 is 0. The standard InChI is InChI=1S/C62H60N3O.Pt/c1-38(2)42-20-22-44(23-21-42)46-29-30-63-56(37-46)50-33-48(43-15-12-11-13-16-43)32-49(34-50)52-17-14-18-58-59(52)64-61(55-36-47(39(3)4)35-53(40(5)6)60(55)66)65(58)57-28-19-41(7)31-54(57)45-24-26-51(27-25-45)62(8,9)10;/h11-33,35-40,66H,1-10H3;/q-1;/i7D3,38D;. The maximum absolute atomic E-state index is 12.4. The van der Waals surface area contributed by atoms with Crippen LogP contribution in [0.4, 0.5) is 0 Å². The number of fused-ring (bicyclic) bond motifs is 1. The minimum absolute atomic E-state index is 0. The molecule has 9 aromatic rings. The van der Waals surface area contributed by atoms with E-state index in [1.807, 2.05) is 74.6 Å². The van der Waals surface area contributed by atoms with E-state index in [4.69, 9.17) is 15.5 Å². The maximum atomic E-state index is 12.4. The van der Waals surface area contributed by atoms with Crippen molar-refractivity contribution in [3.8, 4) is 78.6 Å². The Morgan fingerprint density at radius 1 is 0.612 bits per heavy atom. The van der Waals surface area contributed by atoms with Crippen LogP contribution in [0.3, 0.4) is 0 Å². The summed E-state index contributed by atoms with van der Waals surface area (Å²) in [4.78, 5) is 10.5. The molecule has 0 spiro atoms. The van der Waals surface area contributed by atoms with Gasteiger partial charge in [-0.25, -0.2) is 4.98 Å². The average Bonchev–Trinajstić information content (AvgIpc) is 3.72. The van der Waals surface area contributed by atoms with Crippen LogP contribution < -0.4 is 0 Å². The van der Waals surface area contributed by atoms with Crippen molar-refractivity contribution in [1.29, 1.82) is 0 Å². The molecule has 0 fully saturated rings. The molecular formula is C62H60N3OPt-. The molecule has 0 radical (unpaired) electrons. The van der Waals surface area contributed by atoms with Crippen LogP contribution in [0.2, 0.25) is 0 Å². The second kappa shape index (κ2) is 19.1. The zero-order chi connectivity index (χ0) is 49.9. The number of benzene rings is 7. The second-order valence-electron chi connectivity index (χ2n) is 19.4. The summed E-state index contributed by atoms with van der Waals surface area (Å²) in [6.45, 7) is 16.5. The molecule has 0 saturated carbocycles. The van der Waals surface area contributed by atoms with Crippen molar-refractivity contribution in [2.24, 2.45) is 0 Å². The minimum Gasteiger partial charge on any atom is -0.507 e. The van der Waals surface area contributed by atoms with E-state index in [9.17, 15) is 5.11 Å². The van der Waals surface area contributed by atoms with Crippen LogP contribution in [0.25, 0.3) is 83.9 Å². The number of phenolic OH excluding ortho intramolecular Hbond substituents is 1. The van der Waals surface area contributed by atoms with Crippen molar-refractivity contribution in [2.75, 3.05) is 0 Å². The number of hydrogen-bond acceptors (Lipinski definition) is 3. The van der Waals surface area contributed by atoms with Gasteiger partial charge in [0.2, 0.25) is 0 Å². The molecule has 0 bridgehead atoms. The predicted octanol–water partition coefficient (Wildman–Crippen LogP) is 16.9. The fraction of sp³-hybridized carbons (Fsp3) is 0.226. The summed E-state index contributed by atoms with van der Waals surface area (Å²) in [6, 6.07) is 54.7. The number of hydrogen-bond donors (Lipinski definition) is 1. The van der Waals surface area contributed by atoms with Gasteiger partial charge in [0, 0.05) is 44.0 Å². The quantitative estimate of drug-likeness (QED) is 0.139. The summed E-state index contributed by atoms with van der Waals surface area (Å²) in [5.74, 6) is 0.183. The van der Waals surface area contributed by atoms with Gasteiger partial charge in [0.15, 0.2) is 0 Å². The summed E-state index contributed by atoms with van der Waals surface area (Å²) < 4.78 is 36.1. The molecule has 0 unspecified atom stereocenters. The summed E-state index contributed by atoms with van der Waals surface area (Å²) in [5.41, 5.74) is 15.8. The normalized spacial score (nSPS) is 13.0. The third-order valence-electron chi connectivity index (χ3n) is 12.8. The van der Waals surface area contributed by atoms with Crippen LogP contribution in [-0.2, 0) is 26.5 Å². The van der Waals surface area contributed by atoms with Gasteiger partial charge in [0.1, 0.15) is 11.6 Å². The second-order valence-corrected chi connectivity index (χ2v) is 19.4. The van der Waals surface area contributed by atoms with Crippen molar-refractivity contribution < 1.29 is 31.7 Å². The van der Waals surface area contributed by atoms with E-state index >= 15 is 0 Å². The van der Waals surface area contributed by atoms with Crippen LogP contribution >= 0.6 is 0 Å². The Morgan fingerprint density at radius 3 is 1.99 bits per heavy atom. The van der Waals surface area contributed by atoms with Crippen LogP contribution in [0, 0.1) is 12.9 Å². The Labute approximate surface area is 417 Å². The Kier molecular flexibility index (Phi) is 12.0. The summed E-state index contributed by atoms with van der Waals surface area (Å²) in [6.07, 6.45) is 1.83. The predicted molar refractivity (Wildman–Crippen MR) is 278 cm³/mol. The number of phenols is 1. The first kappa shape index (κ1) is 42.0. The first-order valence-corrected chi connectivity index (χ1v) is 23.0. The Hall–Kier alpha value is -6.35. The fourth-order valence-electron chi connectivity index (χ4n) is 8.88. The first-order chi connectivity index (χ1) is 33.2. The third kappa shape index (κ3) is 9.47. The van der Waals surface area contributed by atoms with E-state index in [1.54, 1.807) is 12.1 Å². The van der Waals surface area contributed by atoms with Gasteiger partial charge in [-0.3, -0.25) is 9.55 Å². The summed E-state index contributed by atoms with van der Waals surface area (Å²) in [7, 11) is 0. The molecule has 0 aliphatic carbocycles. The van der Waals surface area contributed by atoms with E-state index in [-0.39, 0.29) is 49.6 Å². The molecule has 4 nitrogen and oxygen atoms in total. The zero-order valence-corrected chi connectivity index (χ0v) is 42.0. The first-order valence-electron chi connectivity index (χ1n) is 25.0. The van der Waals surface area contributed by atoms with Crippen LogP contribution in [0.15, 0.2) is 158 Å². The Morgan fingerprint density at radius 2 is 1.31 bits per heavy atom. The van der Waals surface area contributed by atoms with Gasteiger partial charge < -0.3 is 5.11 Å². The Balaban J connectivity index is 0.00000676. The largest absolute Gasteiger partial charge is 0.507 e. The molecular weight excluding hydrogens is 998 g/mol. The van der Waals surface area contributed by atoms with E-state index in [0.29, 0.717) is 16.9 Å². The molecule has 7 aromatic carbocycles. The molecule has 2 aromatic heterocycles. The molecule has 340 valence electrons. The molecule has 67 heavy (non-hydrogen) atoms. The van der Waals surface area contributed by atoms with Gasteiger partial charge in [0.05, 0.1) is 22.3 Å². The molecule has 1 N–H and O–H groups in total. The van der Waals surface area contributed by atoms with Crippen LogP contribution in [-0.4, -0.2) is 19.6 Å². The molecule has 0 saturated heterocycles. The molecule has 0 atom stereocenters. The van der Waals surface area contributed by atoms with Crippen molar-refractivity contribution >= 4 is 11.0 Å². The third-order valence-corrected chi connectivity index (χ3v) is 12.8. The van der Waals surface area contributed by atoms with Crippen molar-refractivity contribution in [3.63, 3.8) is 0 Å². The van der Waals surface area contributed by atoms with E-state index in [2.05, 4.69) is 144 Å². The molecule has 0 aliphatic rings. The molecule has 0 aliphatic heterocycles. The number of pyridine rings is 1. The molecule has 0 amide bonds. The van der Waals surface area contributed by atoms with E-state index < -0.39 is 12.7 Å². The molecule has 5 heteroatoms. The van der Waals surface area contributed by atoms with E-state index in [1.165, 1.54) is 0 Å². The SMILES string of the molecule is [2H]C([2H])([2H])c1ccc(-n2c(-c3cc(C(C)C)cc(C(C)C)c3O)nc3c(-c4[c-]c(-c5cc(-c6ccc(C([2H])(C)C)cc6)ccn5)cc(-c5ccccc5)c4)cccc32)c(-c2ccc(C(C)(C)C)cc2)c1.[Pt]. The van der Waals surface area contributed by atoms with Crippen LogP contribution in [0.5, 0.6) is 5.75 Å². The average molecular weight is 1060 g/mol. The van der Waals surface area contributed by atoms with Crippen molar-refractivity contribution in [2.45, 2.75) is 92.3 Å².